The first-order valence-corrected chi connectivity index (χ1v) is 5.77. The first-order chi connectivity index (χ1) is 6.34. The van der Waals surface area contributed by atoms with Crippen molar-refractivity contribution in [1.29, 1.82) is 0 Å². The lowest BCUT2D eigenvalue weighted by Crippen LogP contribution is -2.47. The van der Waals surface area contributed by atoms with E-state index in [9.17, 15) is 0 Å². The maximum Gasteiger partial charge on any atom is 0.0180 e. The van der Waals surface area contributed by atoms with E-state index in [0.29, 0.717) is 5.54 Å². The summed E-state index contributed by atoms with van der Waals surface area (Å²) >= 11 is 0. The minimum atomic E-state index is 0.351. The number of rotatable bonds is 1. The molecule has 0 spiro atoms. The van der Waals surface area contributed by atoms with Crippen molar-refractivity contribution in [2.75, 3.05) is 20.6 Å². The molecule has 82 valence electrons. The highest BCUT2D eigenvalue weighted by molar-refractivity contribution is 5.15. The molecule has 0 bridgehead atoms. The largest absolute Gasteiger partial charge is 0.306 e. The smallest absolute Gasteiger partial charge is 0.0180 e. The van der Waals surface area contributed by atoms with Gasteiger partial charge in [0, 0.05) is 24.2 Å². The Bertz CT molecular complexity index is 229. The average molecular weight is 196 g/mol. The molecule has 2 nitrogen and oxygen atoms in total. The quantitative estimate of drug-likeness (QED) is 0.629. The SMILES string of the molecule is C[C@@H]1[C@H]2[C@@H](CN1C(C)(C)C)[C@@H]2N(C)C. The second-order valence-corrected chi connectivity index (χ2v) is 6.26. The summed E-state index contributed by atoms with van der Waals surface area (Å²) in [6.07, 6.45) is 0. The Morgan fingerprint density at radius 3 is 2.07 bits per heavy atom. The van der Waals surface area contributed by atoms with Crippen molar-refractivity contribution in [3.8, 4) is 0 Å². The summed E-state index contributed by atoms with van der Waals surface area (Å²) in [4.78, 5) is 5.08. The fourth-order valence-corrected chi connectivity index (χ4v) is 3.47. The maximum atomic E-state index is 2.67. The van der Waals surface area contributed by atoms with Gasteiger partial charge < -0.3 is 4.90 Å². The van der Waals surface area contributed by atoms with Crippen LogP contribution < -0.4 is 0 Å². The van der Waals surface area contributed by atoms with E-state index in [1.807, 2.05) is 0 Å². The van der Waals surface area contributed by atoms with E-state index in [4.69, 9.17) is 0 Å². The third-order valence-electron chi connectivity index (χ3n) is 4.10. The Morgan fingerprint density at radius 1 is 1.21 bits per heavy atom. The molecular formula is C12H24N2. The Morgan fingerprint density at radius 2 is 1.79 bits per heavy atom. The van der Waals surface area contributed by atoms with E-state index in [1.54, 1.807) is 0 Å². The minimum absolute atomic E-state index is 0.351. The van der Waals surface area contributed by atoms with Crippen LogP contribution in [0.5, 0.6) is 0 Å². The second kappa shape index (κ2) is 2.96. The molecule has 0 aromatic rings. The molecule has 2 heteroatoms. The number of hydrogen-bond acceptors (Lipinski definition) is 2. The summed E-state index contributed by atoms with van der Waals surface area (Å²) < 4.78 is 0. The van der Waals surface area contributed by atoms with Gasteiger partial charge in [-0.05, 0) is 53.6 Å². The number of likely N-dealkylation sites (tertiary alicyclic amines) is 1. The first kappa shape index (κ1) is 10.4. The van der Waals surface area contributed by atoms with Gasteiger partial charge >= 0.3 is 0 Å². The summed E-state index contributed by atoms with van der Waals surface area (Å²) in [5, 5.41) is 0. The molecule has 0 unspecified atom stereocenters. The molecule has 0 amide bonds. The average Bonchev–Trinajstić information content (AvgIpc) is 2.62. The zero-order valence-corrected chi connectivity index (χ0v) is 10.4. The predicted octanol–water partition coefficient (Wildman–Crippen LogP) is 1.67. The molecular weight excluding hydrogens is 172 g/mol. The molecule has 0 aromatic carbocycles. The van der Waals surface area contributed by atoms with Gasteiger partial charge in [0.25, 0.3) is 0 Å². The van der Waals surface area contributed by atoms with Crippen LogP contribution >= 0.6 is 0 Å². The highest BCUT2D eigenvalue weighted by Gasteiger charge is 2.61. The predicted molar refractivity (Wildman–Crippen MR) is 60.4 cm³/mol. The molecule has 0 aromatic heterocycles. The highest BCUT2D eigenvalue weighted by atomic mass is 15.3. The molecule has 1 heterocycles. The first-order valence-electron chi connectivity index (χ1n) is 5.77. The molecule has 1 saturated carbocycles. The van der Waals surface area contributed by atoms with Crippen LogP contribution in [0, 0.1) is 11.8 Å². The van der Waals surface area contributed by atoms with Crippen LogP contribution in [0.25, 0.3) is 0 Å². The van der Waals surface area contributed by atoms with Crippen LogP contribution in [0.15, 0.2) is 0 Å². The van der Waals surface area contributed by atoms with Gasteiger partial charge in [-0.2, -0.15) is 0 Å². The fraction of sp³-hybridized carbons (Fsp3) is 1.00. The van der Waals surface area contributed by atoms with E-state index in [0.717, 1.165) is 23.9 Å². The van der Waals surface area contributed by atoms with E-state index < -0.39 is 0 Å². The molecule has 0 N–H and O–H groups in total. The lowest BCUT2D eigenvalue weighted by Gasteiger charge is -2.38. The van der Waals surface area contributed by atoms with Gasteiger partial charge in [-0.25, -0.2) is 0 Å². The molecule has 4 atom stereocenters. The lowest BCUT2D eigenvalue weighted by molar-refractivity contribution is 0.0935. The second-order valence-electron chi connectivity index (χ2n) is 6.26. The van der Waals surface area contributed by atoms with Crippen molar-refractivity contribution in [3.63, 3.8) is 0 Å². The summed E-state index contributed by atoms with van der Waals surface area (Å²) in [6, 6.07) is 1.64. The van der Waals surface area contributed by atoms with Gasteiger partial charge in [-0.15, -0.1) is 0 Å². The third kappa shape index (κ3) is 1.40. The topological polar surface area (TPSA) is 6.48 Å². The van der Waals surface area contributed by atoms with E-state index in [1.165, 1.54) is 6.54 Å². The van der Waals surface area contributed by atoms with E-state index >= 15 is 0 Å². The normalized spacial score (nSPS) is 43.1. The van der Waals surface area contributed by atoms with E-state index in [2.05, 4.69) is 51.6 Å². The summed E-state index contributed by atoms with van der Waals surface area (Å²) in [6.45, 7) is 10.7. The molecule has 1 aliphatic heterocycles. The van der Waals surface area contributed by atoms with Crippen molar-refractivity contribution in [2.45, 2.75) is 45.3 Å². The zero-order chi connectivity index (χ0) is 10.7. The number of fused-ring (bicyclic) bond motifs is 1. The summed E-state index contributed by atoms with van der Waals surface area (Å²) in [5.41, 5.74) is 0.351. The van der Waals surface area contributed by atoms with Crippen molar-refractivity contribution >= 4 is 0 Å². The molecule has 1 aliphatic carbocycles. The minimum Gasteiger partial charge on any atom is -0.306 e. The number of piperidine rings is 1. The van der Waals surface area contributed by atoms with Crippen molar-refractivity contribution in [2.24, 2.45) is 11.8 Å². The van der Waals surface area contributed by atoms with Crippen LogP contribution in [-0.4, -0.2) is 48.1 Å². The number of hydrogen-bond donors (Lipinski definition) is 0. The fourth-order valence-electron chi connectivity index (χ4n) is 3.47. The lowest BCUT2D eigenvalue weighted by atomic mass is 10.0. The van der Waals surface area contributed by atoms with Crippen LogP contribution in [0.3, 0.4) is 0 Å². The van der Waals surface area contributed by atoms with Crippen molar-refractivity contribution < 1.29 is 0 Å². The monoisotopic (exact) mass is 196 g/mol. The van der Waals surface area contributed by atoms with Crippen LogP contribution in [0.2, 0.25) is 0 Å². The van der Waals surface area contributed by atoms with E-state index in [-0.39, 0.29) is 0 Å². The standard InChI is InChI=1S/C12H24N2/c1-8-10-9(11(10)13(5)6)7-14(8)12(2,3)4/h8-11H,7H2,1-6H3/t8-,9-,10+,11+/m1/s1. The molecule has 2 fully saturated rings. The molecule has 0 radical (unpaired) electrons. The van der Waals surface area contributed by atoms with Crippen molar-refractivity contribution in [1.82, 2.24) is 9.80 Å². The van der Waals surface area contributed by atoms with Crippen LogP contribution in [0.4, 0.5) is 0 Å². The van der Waals surface area contributed by atoms with Gasteiger partial charge in [-0.1, -0.05) is 0 Å². The Hall–Kier alpha value is -0.0800. The number of nitrogens with zero attached hydrogens (tertiary/aromatic N) is 2. The van der Waals surface area contributed by atoms with Gasteiger partial charge in [0.05, 0.1) is 0 Å². The van der Waals surface area contributed by atoms with Gasteiger partial charge in [-0.3, -0.25) is 4.90 Å². The van der Waals surface area contributed by atoms with Crippen LogP contribution in [0.1, 0.15) is 27.7 Å². The van der Waals surface area contributed by atoms with Crippen LogP contribution in [-0.2, 0) is 0 Å². The zero-order valence-electron chi connectivity index (χ0n) is 10.4. The summed E-state index contributed by atoms with van der Waals surface area (Å²) in [5.74, 6) is 1.88. The molecule has 14 heavy (non-hydrogen) atoms. The van der Waals surface area contributed by atoms with Gasteiger partial charge in [0.2, 0.25) is 0 Å². The maximum absolute atomic E-state index is 2.67. The Kier molecular flexibility index (Phi) is 2.20. The van der Waals surface area contributed by atoms with Crippen molar-refractivity contribution in [3.05, 3.63) is 0 Å². The Balaban J connectivity index is 2.02. The van der Waals surface area contributed by atoms with Gasteiger partial charge in [0.1, 0.15) is 0 Å². The third-order valence-corrected chi connectivity index (χ3v) is 4.10. The Labute approximate surface area is 88.3 Å². The molecule has 2 rings (SSSR count). The van der Waals surface area contributed by atoms with Gasteiger partial charge in [0.15, 0.2) is 0 Å². The molecule has 2 aliphatic rings. The highest BCUT2D eigenvalue weighted by Crippen LogP contribution is 2.53. The molecule has 1 saturated heterocycles. The summed E-state index contributed by atoms with van der Waals surface area (Å²) in [7, 11) is 4.44.